The molecule has 1 N–H and O–H groups in total. The van der Waals surface area contributed by atoms with Gasteiger partial charge in [0.2, 0.25) is 0 Å². The third-order valence-corrected chi connectivity index (χ3v) is 4.42. The largest absolute Gasteiger partial charge is 0.477 e. The summed E-state index contributed by atoms with van der Waals surface area (Å²) in [6.45, 7) is 1.62. The van der Waals surface area contributed by atoms with Crippen LogP contribution in [-0.2, 0) is 11.3 Å². The van der Waals surface area contributed by atoms with Crippen molar-refractivity contribution in [2.75, 3.05) is 0 Å². The van der Waals surface area contributed by atoms with Crippen LogP contribution in [-0.4, -0.2) is 21.6 Å². The van der Waals surface area contributed by atoms with E-state index in [1.807, 2.05) is 0 Å². The molecule has 0 atom stereocenters. The Bertz CT molecular complexity index is 994. The van der Waals surface area contributed by atoms with Crippen LogP contribution in [0.25, 0.3) is 10.9 Å². The van der Waals surface area contributed by atoms with Crippen LogP contribution in [0.3, 0.4) is 0 Å². The second-order valence-corrected chi connectivity index (χ2v) is 6.30. The maximum absolute atomic E-state index is 11.6. The summed E-state index contributed by atoms with van der Waals surface area (Å²) in [5.41, 5.74) is 1.65. The van der Waals surface area contributed by atoms with Crippen molar-refractivity contribution in [3.8, 4) is 5.75 Å². The second kappa shape index (κ2) is 6.78. The number of carbonyl (C=O) groups is 2. The number of nitrogens with zero attached hydrogens (tertiary/aromatic N) is 1. The van der Waals surface area contributed by atoms with Gasteiger partial charge in [-0.2, -0.15) is 0 Å². The zero-order valence-electron chi connectivity index (χ0n) is 13.1. The highest BCUT2D eigenvalue weighted by atomic mass is 35.5. The zero-order valence-corrected chi connectivity index (χ0v) is 14.6. The number of rotatable bonds is 4. The summed E-state index contributed by atoms with van der Waals surface area (Å²) >= 11 is 12.0. The normalized spacial score (nSPS) is 10.8. The van der Waals surface area contributed by atoms with Gasteiger partial charge in [0.15, 0.2) is 0 Å². The average Bonchev–Trinajstić information content (AvgIpc) is 2.88. The standard InChI is InChI=1S/C18H13Cl2NO4/c1-10(22)25-13-3-5-16-12(7-13)8-17(18(23)24)21(16)9-11-2-4-14(19)15(20)6-11/h2-8H,9H2,1H3,(H,23,24). The van der Waals surface area contributed by atoms with Gasteiger partial charge in [-0.25, -0.2) is 4.79 Å². The molecule has 0 amide bonds. The lowest BCUT2D eigenvalue weighted by molar-refractivity contribution is -0.131. The molecule has 0 saturated heterocycles. The molecule has 3 rings (SSSR count). The van der Waals surface area contributed by atoms with Crippen molar-refractivity contribution in [2.45, 2.75) is 13.5 Å². The molecule has 0 fully saturated rings. The second-order valence-electron chi connectivity index (χ2n) is 5.48. The smallest absolute Gasteiger partial charge is 0.352 e. The number of benzene rings is 2. The van der Waals surface area contributed by atoms with Crippen molar-refractivity contribution in [1.29, 1.82) is 0 Å². The van der Waals surface area contributed by atoms with Gasteiger partial charge in [0.05, 0.1) is 10.0 Å². The van der Waals surface area contributed by atoms with Gasteiger partial charge in [-0.1, -0.05) is 29.3 Å². The molecule has 128 valence electrons. The number of halogens is 2. The fraction of sp³-hybridized carbons (Fsp3) is 0.111. The lowest BCUT2D eigenvalue weighted by Gasteiger charge is -2.10. The summed E-state index contributed by atoms with van der Waals surface area (Å²) in [6.07, 6.45) is 0. The molecule has 0 spiro atoms. The Balaban J connectivity index is 2.08. The highest BCUT2D eigenvalue weighted by Gasteiger charge is 2.16. The molecule has 3 aromatic rings. The van der Waals surface area contributed by atoms with Crippen molar-refractivity contribution < 1.29 is 19.4 Å². The fourth-order valence-corrected chi connectivity index (χ4v) is 2.97. The van der Waals surface area contributed by atoms with Crippen molar-refractivity contribution in [3.63, 3.8) is 0 Å². The molecule has 5 nitrogen and oxygen atoms in total. The lowest BCUT2D eigenvalue weighted by atomic mass is 10.2. The number of carboxylic acid groups (broad SMARTS) is 1. The number of esters is 1. The van der Waals surface area contributed by atoms with E-state index in [1.54, 1.807) is 47.0 Å². The third-order valence-electron chi connectivity index (χ3n) is 3.68. The Morgan fingerprint density at radius 2 is 1.84 bits per heavy atom. The van der Waals surface area contributed by atoms with Gasteiger partial charge in [-0.3, -0.25) is 4.79 Å². The number of fused-ring (bicyclic) bond motifs is 1. The SMILES string of the molecule is CC(=O)Oc1ccc2c(c1)cc(C(=O)O)n2Cc1ccc(Cl)c(Cl)c1. The Morgan fingerprint density at radius 3 is 2.48 bits per heavy atom. The summed E-state index contributed by atoms with van der Waals surface area (Å²) in [6, 6.07) is 11.7. The molecule has 1 heterocycles. The number of hydrogen-bond donors (Lipinski definition) is 1. The number of ether oxygens (including phenoxy) is 1. The quantitative estimate of drug-likeness (QED) is 0.531. The number of carbonyl (C=O) groups excluding carboxylic acids is 1. The molecular weight excluding hydrogens is 365 g/mol. The van der Waals surface area contributed by atoms with Crippen LogP contribution >= 0.6 is 23.2 Å². The Kier molecular flexibility index (Phi) is 4.70. The number of aromatic carboxylic acids is 1. The zero-order chi connectivity index (χ0) is 18.1. The molecule has 0 aliphatic rings. The van der Waals surface area contributed by atoms with Gasteiger partial charge in [-0.05, 0) is 42.0 Å². The van der Waals surface area contributed by atoms with E-state index in [0.29, 0.717) is 33.2 Å². The Morgan fingerprint density at radius 1 is 1.08 bits per heavy atom. The molecular formula is C18H13Cl2NO4. The first kappa shape index (κ1) is 17.3. The van der Waals surface area contributed by atoms with Gasteiger partial charge >= 0.3 is 11.9 Å². The predicted molar refractivity (Wildman–Crippen MR) is 95.8 cm³/mol. The van der Waals surface area contributed by atoms with Gasteiger partial charge in [0.25, 0.3) is 0 Å². The summed E-state index contributed by atoms with van der Waals surface area (Å²) in [5, 5.41) is 11.0. The molecule has 7 heteroatoms. The van der Waals surface area contributed by atoms with Gasteiger partial charge in [0.1, 0.15) is 11.4 Å². The van der Waals surface area contributed by atoms with Crippen LogP contribution in [0, 0.1) is 0 Å². The third kappa shape index (κ3) is 3.62. The minimum Gasteiger partial charge on any atom is -0.477 e. The fourth-order valence-electron chi connectivity index (χ4n) is 2.65. The maximum Gasteiger partial charge on any atom is 0.352 e. The van der Waals surface area contributed by atoms with Crippen LogP contribution in [0.5, 0.6) is 5.75 Å². The average molecular weight is 378 g/mol. The Labute approximate surface area is 153 Å². The van der Waals surface area contributed by atoms with E-state index in [2.05, 4.69) is 0 Å². The molecule has 0 bridgehead atoms. The summed E-state index contributed by atoms with van der Waals surface area (Å²) < 4.78 is 6.71. The van der Waals surface area contributed by atoms with Crippen LogP contribution < -0.4 is 4.74 Å². The van der Waals surface area contributed by atoms with Gasteiger partial charge in [-0.15, -0.1) is 0 Å². The first-order chi connectivity index (χ1) is 11.8. The summed E-state index contributed by atoms with van der Waals surface area (Å²) in [7, 11) is 0. The van der Waals surface area contributed by atoms with Crippen LogP contribution in [0.1, 0.15) is 23.0 Å². The van der Waals surface area contributed by atoms with Crippen LogP contribution in [0.2, 0.25) is 10.0 Å². The highest BCUT2D eigenvalue weighted by Crippen LogP contribution is 2.28. The topological polar surface area (TPSA) is 68.5 Å². The first-order valence-corrected chi connectivity index (χ1v) is 8.09. The number of aromatic nitrogens is 1. The molecule has 0 radical (unpaired) electrons. The Hall–Kier alpha value is -2.50. The molecule has 0 aliphatic heterocycles. The lowest BCUT2D eigenvalue weighted by Crippen LogP contribution is -2.09. The molecule has 0 aliphatic carbocycles. The van der Waals surface area contributed by atoms with E-state index in [4.69, 9.17) is 27.9 Å². The van der Waals surface area contributed by atoms with E-state index in [0.717, 1.165) is 5.56 Å². The molecule has 25 heavy (non-hydrogen) atoms. The van der Waals surface area contributed by atoms with E-state index >= 15 is 0 Å². The summed E-state index contributed by atoms with van der Waals surface area (Å²) in [4.78, 5) is 22.7. The molecule has 0 unspecified atom stereocenters. The van der Waals surface area contributed by atoms with Crippen molar-refractivity contribution >= 4 is 46.0 Å². The predicted octanol–water partition coefficient (Wildman–Crippen LogP) is 4.62. The minimum atomic E-state index is -1.05. The van der Waals surface area contributed by atoms with E-state index in [-0.39, 0.29) is 5.69 Å². The number of carboxylic acids is 1. The monoisotopic (exact) mass is 377 g/mol. The first-order valence-electron chi connectivity index (χ1n) is 7.34. The van der Waals surface area contributed by atoms with Crippen LogP contribution in [0.4, 0.5) is 0 Å². The molecule has 1 aromatic heterocycles. The minimum absolute atomic E-state index is 0.126. The van der Waals surface area contributed by atoms with E-state index in [1.165, 1.54) is 6.92 Å². The van der Waals surface area contributed by atoms with E-state index in [9.17, 15) is 14.7 Å². The van der Waals surface area contributed by atoms with Crippen molar-refractivity contribution in [1.82, 2.24) is 4.57 Å². The summed E-state index contributed by atoms with van der Waals surface area (Å²) in [5.74, 6) is -1.12. The van der Waals surface area contributed by atoms with Crippen molar-refractivity contribution in [3.05, 3.63) is 63.8 Å². The van der Waals surface area contributed by atoms with Crippen LogP contribution in [0.15, 0.2) is 42.5 Å². The highest BCUT2D eigenvalue weighted by molar-refractivity contribution is 6.42. The van der Waals surface area contributed by atoms with Crippen molar-refractivity contribution in [2.24, 2.45) is 0 Å². The molecule has 2 aromatic carbocycles. The number of hydrogen-bond acceptors (Lipinski definition) is 3. The van der Waals surface area contributed by atoms with E-state index < -0.39 is 11.9 Å². The van der Waals surface area contributed by atoms with Gasteiger partial charge < -0.3 is 14.4 Å². The van der Waals surface area contributed by atoms with Gasteiger partial charge in [0, 0.05) is 24.4 Å². The maximum atomic E-state index is 11.6. The molecule has 0 saturated carbocycles.